The number of aryl methyl sites for hydroxylation is 2. The van der Waals surface area contributed by atoms with E-state index in [9.17, 15) is 13.2 Å². The first kappa shape index (κ1) is 21.1. The first-order chi connectivity index (χ1) is 13.8. The Bertz CT molecular complexity index is 1080. The van der Waals surface area contributed by atoms with Crippen LogP contribution in [0, 0.1) is 6.92 Å². The second-order valence-corrected chi connectivity index (χ2v) is 9.55. The first-order valence-electron chi connectivity index (χ1n) is 9.12. The van der Waals surface area contributed by atoms with Crippen molar-refractivity contribution < 1.29 is 13.2 Å². The molecule has 3 aromatic rings. The summed E-state index contributed by atoms with van der Waals surface area (Å²) in [7, 11) is -3.81. The van der Waals surface area contributed by atoms with E-state index in [2.05, 4.69) is 20.2 Å². The Kier molecular flexibility index (Phi) is 6.73. The molecule has 1 unspecified atom stereocenters. The van der Waals surface area contributed by atoms with Crippen molar-refractivity contribution in [1.82, 2.24) is 14.9 Å². The van der Waals surface area contributed by atoms with Gasteiger partial charge in [0.1, 0.15) is 0 Å². The molecular weight excluding hydrogens is 408 g/mol. The molecule has 0 fully saturated rings. The fourth-order valence-electron chi connectivity index (χ4n) is 2.76. The molecule has 7 nitrogen and oxygen atoms in total. The van der Waals surface area contributed by atoms with Gasteiger partial charge in [0.2, 0.25) is 9.47 Å². The van der Waals surface area contributed by atoms with Crippen LogP contribution in [0.2, 0.25) is 0 Å². The topological polar surface area (TPSA) is 101 Å². The molecule has 0 radical (unpaired) electrons. The molecule has 29 heavy (non-hydrogen) atoms. The summed E-state index contributed by atoms with van der Waals surface area (Å²) in [6, 6.07) is 16.7. The van der Waals surface area contributed by atoms with Crippen LogP contribution in [-0.4, -0.2) is 30.6 Å². The van der Waals surface area contributed by atoms with Gasteiger partial charge >= 0.3 is 0 Å². The zero-order chi connectivity index (χ0) is 20.9. The maximum Gasteiger partial charge on any atom is 0.270 e. The third-order valence-electron chi connectivity index (χ3n) is 4.31. The highest BCUT2D eigenvalue weighted by Crippen LogP contribution is 2.21. The van der Waals surface area contributed by atoms with E-state index in [-0.39, 0.29) is 21.4 Å². The minimum atomic E-state index is -3.81. The Morgan fingerprint density at radius 3 is 2.48 bits per heavy atom. The Balaban J connectivity index is 1.61. The lowest BCUT2D eigenvalue weighted by Gasteiger charge is -2.12. The molecule has 1 heterocycles. The Morgan fingerprint density at radius 2 is 1.76 bits per heavy atom. The molecule has 2 N–H and O–H groups in total. The number of aromatic nitrogens is 2. The van der Waals surface area contributed by atoms with E-state index in [1.165, 1.54) is 0 Å². The van der Waals surface area contributed by atoms with Crippen LogP contribution in [0.25, 0.3) is 0 Å². The van der Waals surface area contributed by atoms with Crippen molar-refractivity contribution in [2.45, 2.75) is 37.1 Å². The maximum atomic E-state index is 12.6. The molecule has 0 aliphatic heterocycles. The number of sulfonamides is 1. The number of nitrogens with one attached hydrogen (secondary N) is 2. The molecule has 0 bridgehead atoms. The third kappa shape index (κ3) is 5.69. The minimum absolute atomic E-state index is 0.135. The fourth-order valence-corrected chi connectivity index (χ4v) is 4.95. The molecular formula is C20H22N4O3S2. The predicted molar refractivity (Wildman–Crippen MR) is 114 cm³/mol. The molecule has 0 aliphatic rings. The van der Waals surface area contributed by atoms with E-state index in [1.807, 2.05) is 56.3 Å². The second kappa shape index (κ2) is 9.25. The summed E-state index contributed by atoms with van der Waals surface area (Å²) in [5, 5.41) is 10.3. The SMILES string of the molecule is Cc1ccccc1C(=O)Nc1nnc(S(=O)(=O)NC(C)CCc2ccccc2)s1. The van der Waals surface area contributed by atoms with Gasteiger partial charge < -0.3 is 0 Å². The van der Waals surface area contributed by atoms with Crippen LogP contribution in [0.3, 0.4) is 0 Å². The van der Waals surface area contributed by atoms with E-state index in [0.29, 0.717) is 12.0 Å². The summed E-state index contributed by atoms with van der Waals surface area (Å²) in [5.74, 6) is -0.354. The molecule has 3 rings (SSSR count). The van der Waals surface area contributed by atoms with Crippen LogP contribution < -0.4 is 10.0 Å². The normalized spacial score (nSPS) is 12.5. The van der Waals surface area contributed by atoms with Crippen LogP contribution in [0.15, 0.2) is 58.9 Å². The number of hydrogen-bond acceptors (Lipinski definition) is 6. The van der Waals surface area contributed by atoms with Gasteiger partial charge in [-0.25, -0.2) is 13.1 Å². The molecule has 0 spiro atoms. The van der Waals surface area contributed by atoms with Gasteiger partial charge in [0.15, 0.2) is 0 Å². The number of hydrogen-bond donors (Lipinski definition) is 2. The van der Waals surface area contributed by atoms with Crippen molar-refractivity contribution in [3.05, 3.63) is 71.3 Å². The number of anilines is 1. The molecule has 9 heteroatoms. The average Bonchev–Trinajstić information content (AvgIpc) is 3.17. The van der Waals surface area contributed by atoms with Crippen LogP contribution in [-0.2, 0) is 16.4 Å². The van der Waals surface area contributed by atoms with Gasteiger partial charge in [-0.05, 0) is 43.9 Å². The van der Waals surface area contributed by atoms with Crippen LogP contribution >= 0.6 is 11.3 Å². The van der Waals surface area contributed by atoms with Gasteiger partial charge in [0.25, 0.3) is 15.9 Å². The largest absolute Gasteiger partial charge is 0.296 e. The average molecular weight is 431 g/mol. The number of carbonyl (C=O) groups excluding carboxylic acids is 1. The van der Waals surface area contributed by atoms with Gasteiger partial charge in [-0.3, -0.25) is 10.1 Å². The number of nitrogens with zero attached hydrogens (tertiary/aromatic N) is 2. The number of rotatable bonds is 8. The van der Waals surface area contributed by atoms with E-state index in [1.54, 1.807) is 12.1 Å². The first-order valence-corrected chi connectivity index (χ1v) is 11.4. The summed E-state index contributed by atoms with van der Waals surface area (Å²) in [6.07, 6.45) is 1.41. The molecule has 1 atom stereocenters. The molecule has 2 aromatic carbocycles. The molecule has 152 valence electrons. The van der Waals surface area contributed by atoms with Crippen LogP contribution in [0.1, 0.15) is 34.8 Å². The van der Waals surface area contributed by atoms with E-state index in [0.717, 1.165) is 28.9 Å². The fraction of sp³-hybridized carbons (Fsp3) is 0.250. The smallest absolute Gasteiger partial charge is 0.270 e. The molecule has 1 aromatic heterocycles. The highest BCUT2D eigenvalue weighted by molar-refractivity contribution is 7.91. The second-order valence-electron chi connectivity index (χ2n) is 6.69. The molecule has 0 saturated carbocycles. The highest BCUT2D eigenvalue weighted by atomic mass is 32.2. The van der Waals surface area contributed by atoms with Gasteiger partial charge in [-0.15, -0.1) is 10.2 Å². The molecule has 1 amide bonds. The summed E-state index contributed by atoms with van der Waals surface area (Å²) >= 11 is 0.821. The van der Waals surface area contributed by atoms with E-state index in [4.69, 9.17) is 0 Å². The summed E-state index contributed by atoms with van der Waals surface area (Å²) in [4.78, 5) is 12.4. The van der Waals surface area contributed by atoms with Crippen molar-refractivity contribution in [3.8, 4) is 0 Å². The molecule has 0 saturated heterocycles. The zero-order valence-electron chi connectivity index (χ0n) is 16.1. The lowest BCUT2D eigenvalue weighted by Crippen LogP contribution is -2.32. The Hall–Kier alpha value is -2.62. The van der Waals surface area contributed by atoms with Gasteiger partial charge in [-0.1, -0.05) is 59.9 Å². The van der Waals surface area contributed by atoms with Crippen molar-refractivity contribution in [1.29, 1.82) is 0 Å². The monoisotopic (exact) mass is 430 g/mol. The predicted octanol–water partition coefficient (Wildman–Crippen LogP) is 3.40. The summed E-state index contributed by atoms with van der Waals surface area (Å²) in [6.45, 7) is 3.63. The minimum Gasteiger partial charge on any atom is -0.296 e. The summed E-state index contributed by atoms with van der Waals surface area (Å²) < 4.78 is 27.6. The highest BCUT2D eigenvalue weighted by Gasteiger charge is 2.23. The van der Waals surface area contributed by atoms with Crippen molar-refractivity contribution in [2.75, 3.05) is 5.32 Å². The van der Waals surface area contributed by atoms with Crippen LogP contribution in [0.5, 0.6) is 0 Å². The van der Waals surface area contributed by atoms with Gasteiger partial charge in [0.05, 0.1) is 0 Å². The standard InChI is InChI=1S/C20H22N4O3S2/c1-14-8-6-7-11-17(14)18(25)21-19-22-23-20(28-19)29(26,27)24-15(2)12-13-16-9-4-3-5-10-16/h3-11,15,24H,12-13H2,1-2H3,(H,21,22,25). The summed E-state index contributed by atoms with van der Waals surface area (Å²) in [5.41, 5.74) is 2.46. The van der Waals surface area contributed by atoms with E-state index < -0.39 is 10.0 Å². The molecule has 0 aliphatic carbocycles. The number of amides is 1. The zero-order valence-corrected chi connectivity index (χ0v) is 17.8. The van der Waals surface area contributed by atoms with Crippen LogP contribution in [0.4, 0.5) is 5.13 Å². The van der Waals surface area contributed by atoms with Crippen molar-refractivity contribution in [2.24, 2.45) is 0 Å². The van der Waals surface area contributed by atoms with Crippen molar-refractivity contribution in [3.63, 3.8) is 0 Å². The quantitative estimate of drug-likeness (QED) is 0.534. The number of carbonyl (C=O) groups is 1. The van der Waals surface area contributed by atoms with Gasteiger partial charge in [-0.2, -0.15) is 0 Å². The van der Waals surface area contributed by atoms with E-state index >= 15 is 0 Å². The number of benzene rings is 2. The lowest BCUT2D eigenvalue weighted by molar-refractivity contribution is 0.102. The maximum absolute atomic E-state index is 12.6. The Morgan fingerprint density at radius 1 is 1.07 bits per heavy atom. The van der Waals surface area contributed by atoms with Gasteiger partial charge in [0, 0.05) is 11.6 Å². The lowest BCUT2D eigenvalue weighted by atomic mass is 10.1. The van der Waals surface area contributed by atoms with Crippen molar-refractivity contribution >= 4 is 32.4 Å². The third-order valence-corrected chi connectivity index (χ3v) is 7.11. The Labute approximate surface area is 174 Å².